The Morgan fingerprint density at radius 1 is 1.41 bits per heavy atom. The quantitative estimate of drug-likeness (QED) is 0.795. The molecular formula is C17H18N4O. The van der Waals surface area contributed by atoms with E-state index < -0.39 is 0 Å². The number of hydrogen-bond acceptors (Lipinski definition) is 3. The maximum absolute atomic E-state index is 12.4. The zero-order valence-corrected chi connectivity index (χ0v) is 12.3. The van der Waals surface area contributed by atoms with E-state index in [1.807, 2.05) is 33.8 Å². The zero-order chi connectivity index (χ0) is 14.9. The van der Waals surface area contributed by atoms with Gasteiger partial charge in [-0.15, -0.1) is 0 Å². The number of hydrogen-bond donors (Lipinski definition) is 1. The van der Waals surface area contributed by atoms with Gasteiger partial charge in [0.1, 0.15) is 0 Å². The molecule has 0 bridgehead atoms. The lowest BCUT2D eigenvalue weighted by atomic mass is 10.0. The largest absolute Gasteiger partial charge is 0.337 e. The summed E-state index contributed by atoms with van der Waals surface area (Å²) in [7, 11) is 0. The Morgan fingerprint density at radius 2 is 2.36 bits per heavy atom. The Labute approximate surface area is 129 Å². The summed E-state index contributed by atoms with van der Waals surface area (Å²) in [6, 6.07) is 6.26. The highest BCUT2D eigenvalue weighted by atomic mass is 16.2. The molecule has 0 unspecified atom stereocenters. The summed E-state index contributed by atoms with van der Waals surface area (Å²) in [5, 5.41) is 7.56. The van der Waals surface area contributed by atoms with E-state index in [1.165, 1.54) is 0 Å². The fourth-order valence-corrected chi connectivity index (χ4v) is 3.42. The third kappa shape index (κ3) is 2.26. The lowest BCUT2D eigenvalue weighted by Gasteiger charge is -2.29. The van der Waals surface area contributed by atoms with Crippen LogP contribution in [0.15, 0.2) is 30.6 Å². The van der Waals surface area contributed by atoms with E-state index >= 15 is 0 Å². The van der Waals surface area contributed by atoms with Crippen molar-refractivity contribution in [2.24, 2.45) is 5.92 Å². The second-order valence-electron chi connectivity index (χ2n) is 5.91. The van der Waals surface area contributed by atoms with Gasteiger partial charge in [-0.05, 0) is 24.6 Å². The van der Waals surface area contributed by atoms with Crippen LogP contribution in [0.25, 0.3) is 5.52 Å². The summed E-state index contributed by atoms with van der Waals surface area (Å²) in [4.78, 5) is 14.4. The molecule has 0 aromatic carbocycles. The summed E-state index contributed by atoms with van der Waals surface area (Å²) in [6.45, 7) is 2.66. The molecule has 2 aliphatic heterocycles. The number of piperazine rings is 1. The average molecular weight is 294 g/mol. The van der Waals surface area contributed by atoms with E-state index in [9.17, 15) is 4.79 Å². The Hall–Kier alpha value is -2.32. The van der Waals surface area contributed by atoms with Crippen molar-refractivity contribution < 1.29 is 4.79 Å². The summed E-state index contributed by atoms with van der Waals surface area (Å²) in [6.07, 6.45) is 5.25. The highest BCUT2D eigenvalue weighted by Gasteiger charge is 2.39. The third-order valence-electron chi connectivity index (χ3n) is 4.55. The second-order valence-corrected chi connectivity index (χ2v) is 5.91. The average Bonchev–Trinajstić information content (AvgIpc) is 3.14. The third-order valence-corrected chi connectivity index (χ3v) is 4.55. The predicted octanol–water partition coefficient (Wildman–Crippen LogP) is 0.896. The van der Waals surface area contributed by atoms with Crippen LogP contribution in [-0.2, 0) is 4.79 Å². The first-order valence-corrected chi connectivity index (χ1v) is 7.75. The maximum atomic E-state index is 12.4. The van der Waals surface area contributed by atoms with E-state index in [0.29, 0.717) is 12.5 Å². The standard InChI is InChI=1S/C17H18N4O/c22-17-14(11-15-12-18-8-10-20(15)17)4-1-3-13-5-2-9-21-16(13)6-7-19-21/h2,5-7,9,14-15,18H,4,8,10-12H2/t14-,15-/m0/s1. The van der Waals surface area contributed by atoms with Crippen LogP contribution in [0.1, 0.15) is 18.4 Å². The number of pyridine rings is 1. The molecule has 2 atom stereocenters. The van der Waals surface area contributed by atoms with Crippen LogP contribution in [0, 0.1) is 17.8 Å². The van der Waals surface area contributed by atoms with Crippen LogP contribution < -0.4 is 5.32 Å². The molecule has 1 amide bonds. The summed E-state index contributed by atoms with van der Waals surface area (Å²) in [5.41, 5.74) is 1.97. The van der Waals surface area contributed by atoms with Crippen molar-refractivity contribution in [3.05, 3.63) is 36.2 Å². The minimum absolute atomic E-state index is 0.0574. The predicted molar refractivity (Wildman–Crippen MR) is 83.2 cm³/mol. The molecule has 0 radical (unpaired) electrons. The summed E-state index contributed by atoms with van der Waals surface area (Å²) >= 11 is 0. The van der Waals surface area contributed by atoms with Crippen LogP contribution in [0.3, 0.4) is 0 Å². The Kier molecular flexibility index (Phi) is 3.32. The Balaban J connectivity index is 1.49. The molecule has 0 saturated carbocycles. The summed E-state index contributed by atoms with van der Waals surface area (Å²) < 4.78 is 1.82. The van der Waals surface area contributed by atoms with Gasteiger partial charge in [0, 0.05) is 38.3 Å². The number of amides is 1. The summed E-state index contributed by atoms with van der Waals surface area (Å²) in [5.74, 6) is 6.75. The molecule has 5 nitrogen and oxygen atoms in total. The van der Waals surface area contributed by atoms with E-state index in [4.69, 9.17) is 0 Å². The molecule has 0 spiro atoms. The van der Waals surface area contributed by atoms with Crippen molar-refractivity contribution in [1.29, 1.82) is 0 Å². The van der Waals surface area contributed by atoms with Crippen molar-refractivity contribution in [2.45, 2.75) is 18.9 Å². The Morgan fingerprint density at radius 3 is 3.27 bits per heavy atom. The molecule has 4 rings (SSSR count). The van der Waals surface area contributed by atoms with E-state index in [-0.39, 0.29) is 11.8 Å². The molecule has 2 saturated heterocycles. The molecule has 2 aliphatic rings. The smallest absolute Gasteiger partial charge is 0.227 e. The topological polar surface area (TPSA) is 49.6 Å². The highest BCUT2D eigenvalue weighted by Crippen LogP contribution is 2.27. The first-order valence-electron chi connectivity index (χ1n) is 7.75. The number of fused-ring (bicyclic) bond motifs is 2. The first-order chi connectivity index (χ1) is 10.8. The fraction of sp³-hybridized carbons (Fsp3) is 0.412. The molecule has 2 fully saturated rings. The van der Waals surface area contributed by atoms with Gasteiger partial charge < -0.3 is 10.2 Å². The SMILES string of the molecule is O=C1[C@@H](CC#Cc2cccn3nccc23)C[C@H]2CNCCN12. The van der Waals surface area contributed by atoms with Gasteiger partial charge in [0.15, 0.2) is 0 Å². The lowest BCUT2D eigenvalue weighted by Crippen LogP contribution is -2.49. The second kappa shape index (κ2) is 5.47. The van der Waals surface area contributed by atoms with Crippen molar-refractivity contribution in [2.75, 3.05) is 19.6 Å². The molecule has 2 aromatic rings. The minimum Gasteiger partial charge on any atom is -0.337 e. The lowest BCUT2D eigenvalue weighted by molar-refractivity contribution is -0.132. The number of rotatable bonds is 1. The monoisotopic (exact) mass is 294 g/mol. The molecule has 1 N–H and O–H groups in total. The molecule has 22 heavy (non-hydrogen) atoms. The number of nitrogens with one attached hydrogen (secondary N) is 1. The van der Waals surface area contributed by atoms with Gasteiger partial charge in [-0.1, -0.05) is 11.8 Å². The van der Waals surface area contributed by atoms with Gasteiger partial charge in [0.05, 0.1) is 23.2 Å². The highest BCUT2D eigenvalue weighted by molar-refractivity contribution is 5.82. The number of carbonyl (C=O) groups is 1. The maximum Gasteiger partial charge on any atom is 0.227 e. The van der Waals surface area contributed by atoms with Gasteiger partial charge in [-0.25, -0.2) is 4.52 Å². The van der Waals surface area contributed by atoms with Crippen molar-refractivity contribution in [3.63, 3.8) is 0 Å². The Bertz CT molecular complexity index is 770. The van der Waals surface area contributed by atoms with E-state index in [2.05, 4.69) is 22.3 Å². The minimum atomic E-state index is 0.0574. The van der Waals surface area contributed by atoms with Crippen LogP contribution in [0.5, 0.6) is 0 Å². The van der Waals surface area contributed by atoms with Gasteiger partial charge in [-0.2, -0.15) is 5.10 Å². The van der Waals surface area contributed by atoms with Gasteiger partial charge in [0.25, 0.3) is 0 Å². The van der Waals surface area contributed by atoms with Crippen molar-refractivity contribution in [1.82, 2.24) is 19.8 Å². The van der Waals surface area contributed by atoms with E-state index in [0.717, 1.165) is 37.1 Å². The van der Waals surface area contributed by atoms with Crippen LogP contribution in [0.4, 0.5) is 0 Å². The molecular weight excluding hydrogens is 276 g/mol. The number of carbonyl (C=O) groups excluding carboxylic acids is 1. The van der Waals surface area contributed by atoms with Crippen molar-refractivity contribution in [3.8, 4) is 11.8 Å². The van der Waals surface area contributed by atoms with E-state index in [1.54, 1.807) is 6.20 Å². The molecule has 0 aliphatic carbocycles. The van der Waals surface area contributed by atoms with Crippen LogP contribution in [-0.4, -0.2) is 46.1 Å². The fourth-order valence-electron chi connectivity index (χ4n) is 3.42. The van der Waals surface area contributed by atoms with Gasteiger partial charge in [0.2, 0.25) is 5.91 Å². The van der Waals surface area contributed by atoms with Gasteiger partial charge >= 0.3 is 0 Å². The number of nitrogens with zero attached hydrogens (tertiary/aromatic N) is 3. The van der Waals surface area contributed by atoms with Crippen molar-refractivity contribution >= 4 is 11.4 Å². The molecule has 2 aromatic heterocycles. The number of aromatic nitrogens is 2. The molecule has 4 heterocycles. The van der Waals surface area contributed by atoms with Crippen LogP contribution >= 0.6 is 0 Å². The normalized spacial score (nSPS) is 24.2. The van der Waals surface area contributed by atoms with Gasteiger partial charge in [-0.3, -0.25) is 4.79 Å². The first kappa shape index (κ1) is 13.4. The zero-order valence-electron chi connectivity index (χ0n) is 12.3. The van der Waals surface area contributed by atoms with Crippen LogP contribution in [0.2, 0.25) is 0 Å². The molecule has 5 heteroatoms. The molecule has 112 valence electrons.